The van der Waals surface area contributed by atoms with Crippen LogP contribution in [0.15, 0.2) is 53.9 Å². The van der Waals surface area contributed by atoms with Gasteiger partial charge in [-0.25, -0.2) is 15.0 Å². The Morgan fingerprint density at radius 2 is 2.07 bits per heavy atom. The molecule has 0 atom stereocenters. The standard InChI is InChI=1S/C21H19BrClN5O2/c1-2-20(29)28-7-5-14(6-8-28)30-19-10-15-18(11-24-19)25-12-26-21(15)27-13-3-4-16(22)17(23)9-13/h2-4,9-12,14H,1,5-8H2,(H,25,26,27). The lowest BCUT2D eigenvalue weighted by Crippen LogP contribution is -2.41. The van der Waals surface area contributed by atoms with Crippen LogP contribution in [-0.4, -0.2) is 45.0 Å². The molecule has 0 saturated carbocycles. The van der Waals surface area contributed by atoms with Crippen molar-refractivity contribution in [2.24, 2.45) is 0 Å². The molecule has 3 aromatic rings. The fourth-order valence-corrected chi connectivity index (χ4v) is 3.74. The van der Waals surface area contributed by atoms with E-state index in [1.807, 2.05) is 24.3 Å². The monoisotopic (exact) mass is 487 g/mol. The lowest BCUT2D eigenvalue weighted by Gasteiger charge is -2.31. The van der Waals surface area contributed by atoms with Gasteiger partial charge in [0.05, 0.1) is 16.7 Å². The van der Waals surface area contributed by atoms with E-state index in [0.717, 1.165) is 28.4 Å². The molecular weight excluding hydrogens is 470 g/mol. The van der Waals surface area contributed by atoms with Crippen molar-refractivity contribution < 1.29 is 9.53 Å². The van der Waals surface area contributed by atoms with Gasteiger partial charge in [0.25, 0.3) is 0 Å². The second kappa shape index (κ2) is 8.97. The number of pyridine rings is 1. The third kappa shape index (κ3) is 4.55. The van der Waals surface area contributed by atoms with Gasteiger partial charge in [-0.2, -0.15) is 0 Å². The summed E-state index contributed by atoms with van der Waals surface area (Å²) in [5, 5.41) is 4.67. The summed E-state index contributed by atoms with van der Waals surface area (Å²) in [4.78, 5) is 26.5. The maximum Gasteiger partial charge on any atom is 0.245 e. The first kappa shape index (κ1) is 20.6. The van der Waals surface area contributed by atoms with Gasteiger partial charge in [-0.1, -0.05) is 18.2 Å². The summed E-state index contributed by atoms with van der Waals surface area (Å²) < 4.78 is 6.90. The zero-order valence-electron chi connectivity index (χ0n) is 16.0. The van der Waals surface area contributed by atoms with Crippen molar-refractivity contribution in [1.29, 1.82) is 0 Å². The van der Waals surface area contributed by atoms with E-state index in [4.69, 9.17) is 16.3 Å². The van der Waals surface area contributed by atoms with Gasteiger partial charge < -0.3 is 15.0 Å². The number of hydrogen-bond acceptors (Lipinski definition) is 6. The summed E-state index contributed by atoms with van der Waals surface area (Å²) in [6.45, 7) is 4.82. The minimum atomic E-state index is -0.0433. The van der Waals surface area contributed by atoms with Crippen molar-refractivity contribution in [3.63, 3.8) is 0 Å². The molecule has 1 N–H and O–H groups in total. The van der Waals surface area contributed by atoms with Crippen LogP contribution in [0.2, 0.25) is 5.02 Å². The fraction of sp³-hybridized carbons (Fsp3) is 0.238. The molecule has 9 heteroatoms. The Balaban J connectivity index is 1.52. The number of hydrogen-bond donors (Lipinski definition) is 1. The van der Waals surface area contributed by atoms with E-state index in [0.29, 0.717) is 35.3 Å². The van der Waals surface area contributed by atoms with Gasteiger partial charge >= 0.3 is 0 Å². The number of benzene rings is 1. The molecule has 0 bridgehead atoms. The van der Waals surface area contributed by atoms with Crippen LogP contribution in [0.3, 0.4) is 0 Å². The Morgan fingerprint density at radius 3 is 2.80 bits per heavy atom. The molecule has 0 radical (unpaired) electrons. The summed E-state index contributed by atoms with van der Waals surface area (Å²) in [6, 6.07) is 7.42. The summed E-state index contributed by atoms with van der Waals surface area (Å²) in [5.41, 5.74) is 1.51. The molecular formula is C21H19BrClN5O2. The van der Waals surface area contributed by atoms with Crippen molar-refractivity contribution in [3.8, 4) is 5.88 Å². The van der Waals surface area contributed by atoms with Crippen molar-refractivity contribution in [2.45, 2.75) is 18.9 Å². The molecule has 4 rings (SSSR count). The number of anilines is 2. The molecule has 30 heavy (non-hydrogen) atoms. The first-order chi connectivity index (χ1) is 14.5. The van der Waals surface area contributed by atoms with Gasteiger partial charge in [0, 0.05) is 47.5 Å². The third-order valence-corrected chi connectivity index (χ3v) is 6.13. The molecule has 2 aromatic heterocycles. The molecule has 0 aliphatic carbocycles. The van der Waals surface area contributed by atoms with Crippen molar-refractivity contribution >= 4 is 55.8 Å². The zero-order chi connectivity index (χ0) is 21.1. The van der Waals surface area contributed by atoms with E-state index in [1.54, 1.807) is 11.1 Å². The Bertz CT molecular complexity index is 1100. The zero-order valence-corrected chi connectivity index (χ0v) is 18.4. The van der Waals surface area contributed by atoms with Gasteiger partial charge in [0.1, 0.15) is 18.2 Å². The molecule has 7 nitrogen and oxygen atoms in total. The average Bonchev–Trinajstić information content (AvgIpc) is 2.77. The summed E-state index contributed by atoms with van der Waals surface area (Å²) in [5.74, 6) is 1.10. The Hall–Kier alpha value is -2.71. The number of amides is 1. The van der Waals surface area contributed by atoms with Crippen LogP contribution >= 0.6 is 27.5 Å². The number of nitrogens with zero attached hydrogens (tertiary/aromatic N) is 4. The largest absolute Gasteiger partial charge is 0.474 e. The maximum atomic E-state index is 11.7. The van der Waals surface area contributed by atoms with Gasteiger partial charge in [-0.3, -0.25) is 4.79 Å². The third-order valence-electron chi connectivity index (χ3n) is 4.89. The normalized spacial score (nSPS) is 14.5. The van der Waals surface area contributed by atoms with Crippen molar-refractivity contribution in [3.05, 3.63) is 58.9 Å². The van der Waals surface area contributed by atoms with Crippen molar-refractivity contribution in [1.82, 2.24) is 19.9 Å². The Morgan fingerprint density at radius 1 is 1.27 bits per heavy atom. The van der Waals surface area contributed by atoms with Crippen LogP contribution in [0.5, 0.6) is 5.88 Å². The van der Waals surface area contributed by atoms with E-state index < -0.39 is 0 Å². The van der Waals surface area contributed by atoms with E-state index in [9.17, 15) is 4.79 Å². The average molecular weight is 489 g/mol. The number of nitrogens with one attached hydrogen (secondary N) is 1. The van der Waals surface area contributed by atoms with Crippen LogP contribution < -0.4 is 10.1 Å². The highest BCUT2D eigenvalue weighted by atomic mass is 79.9. The molecule has 1 amide bonds. The smallest absolute Gasteiger partial charge is 0.245 e. The number of ether oxygens (including phenoxy) is 1. The minimum Gasteiger partial charge on any atom is -0.474 e. The highest BCUT2D eigenvalue weighted by Gasteiger charge is 2.23. The van der Waals surface area contributed by atoms with E-state index >= 15 is 0 Å². The summed E-state index contributed by atoms with van der Waals surface area (Å²) in [7, 11) is 0. The predicted molar refractivity (Wildman–Crippen MR) is 120 cm³/mol. The highest BCUT2D eigenvalue weighted by Crippen LogP contribution is 2.30. The second-order valence-corrected chi connectivity index (χ2v) is 8.12. The van der Waals surface area contributed by atoms with Crippen LogP contribution in [0.25, 0.3) is 10.9 Å². The van der Waals surface area contributed by atoms with E-state index in [2.05, 4.69) is 42.8 Å². The predicted octanol–water partition coefficient (Wildman–Crippen LogP) is 4.74. The molecule has 3 heterocycles. The Labute approximate surface area is 187 Å². The number of aromatic nitrogens is 3. The van der Waals surface area contributed by atoms with E-state index in [-0.39, 0.29) is 12.0 Å². The lowest BCUT2D eigenvalue weighted by molar-refractivity contribution is -0.127. The summed E-state index contributed by atoms with van der Waals surface area (Å²) >= 11 is 9.58. The molecule has 1 aliphatic rings. The second-order valence-electron chi connectivity index (χ2n) is 6.86. The summed E-state index contributed by atoms with van der Waals surface area (Å²) in [6.07, 6.45) is 5.98. The van der Waals surface area contributed by atoms with Gasteiger partial charge in [0.15, 0.2) is 0 Å². The van der Waals surface area contributed by atoms with Gasteiger partial charge in [0.2, 0.25) is 11.8 Å². The Kier molecular flexibility index (Phi) is 6.15. The molecule has 154 valence electrons. The number of carbonyl (C=O) groups is 1. The number of likely N-dealkylation sites (tertiary alicyclic amines) is 1. The van der Waals surface area contributed by atoms with Crippen LogP contribution in [0.1, 0.15) is 12.8 Å². The maximum absolute atomic E-state index is 11.7. The number of rotatable bonds is 5. The first-order valence-electron chi connectivity index (χ1n) is 9.44. The number of halogens is 2. The van der Waals surface area contributed by atoms with Gasteiger partial charge in [-0.05, 0) is 40.2 Å². The minimum absolute atomic E-state index is 0.00450. The molecule has 1 fully saturated rings. The van der Waals surface area contributed by atoms with Gasteiger partial charge in [-0.15, -0.1) is 0 Å². The topological polar surface area (TPSA) is 80.2 Å². The van der Waals surface area contributed by atoms with Crippen LogP contribution in [0.4, 0.5) is 11.5 Å². The molecule has 1 aromatic carbocycles. The highest BCUT2D eigenvalue weighted by molar-refractivity contribution is 9.10. The SMILES string of the molecule is C=CC(=O)N1CCC(Oc2cc3c(Nc4ccc(Br)c(Cl)c4)ncnc3cn2)CC1. The fourth-order valence-electron chi connectivity index (χ4n) is 3.31. The van der Waals surface area contributed by atoms with Crippen molar-refractivity contribution in [2.75, 3.05) is 18.4 Å². The number of piperidine rings is 1. The number of carbonyl (C=O) groups excluding carboxylic acids is 1. The van der Waals surface area contributed by atoms with Crippen LogP contribution in [0, 0.1) is 0 Å². The number of fused-ring (bicyclic) bond motifs is 1. The molecule has 1 aliphatic heterocycles. The first-order valence-corrected chi connectivity index (χ1v) is 10.6. The lowest BCUT2D eigenvalue weighted by atomic mass is 10.1. The molecule has 0 spiro atoms. The molecule has 0 unspecified atom stereocenters. The van der Waals surface area contributed by atoms with Crippen LogP contribution in [-0.2, 0) is 4.79 Å². The molecule has 1 saturated heterocycles. The quantitative estimate of drug-likeness (QED) is 0.523. The van der Waals surface area contributed by atoms with E-state index in [1.165, 1.54) is 12.4 Å².